The Labute approximate surface area is 102 Å². The molecule has 4 nitrogen and oxygen atoms in total. The number of sulfonamides is 1. The predicted molar refractivity (Wildman–Crippen MR) is 57.2 cm³/mol. The van der Waals surface area contributed by atoms with Gasteiger partial charge in [0.2, 0.25) is 15.8 Å². The lowest BCUT2D eigenvalue weighted by atomic mass is 10.1. The highest BCUT2D eigenvalue weighted by atomic mass is 32.2. The van der Waals surface area contributed by atoms with Crippen LogP contribution in [-0.2, 0) is 21.2 Å². The first kappa shape index (κ1) is 14.7. The van der Waals surface area contributed by atoms with E-state index in [-0.39, 0.29) is 11.3 Å². The minimum Gasteiger partial charge on any atom is -0.290 e. The maximum atomic E-state index is 11.9. The molecular formula is C10H10F3NO3S. The molecule has 0 aliphatic heterocycles. The molecule has 0 unspecified atom stereocenters. The predicted octanol–water partition coefficient (Wildman–Crippen LogP) is 1.40. The molecule has 0 atom stereocenters. The average molecular weight is 281 g/mol. The fourth-order valence-electron chi connectivity index (χ4n) is 1.25. The van der Waals surface area contributed by atoms with E-state index in [0.29, 0.717) is 5.56 Å². The molecular weight excluding hydrogens is 271 g/mol. The Morgan fingerprint density at radius 1 is 1.17 bits per heavy atom. The first-order valence-electron chi connectivity index (χ1n) is 4.82. The van der Waals surface area contributed by atoms with E-state index in [4.69, 9.17) is 5.14 Å². The molecule has 2 N–H and O–H groups in total. The summed E-state index contributed by atoms with van der Waals surface area (Å²) in [5.74, 6) is -1.81. The van der Waals surface area contributed by atoms with Gasteiger partial charge in [0.25, 0.3) is 0 Å². The van der Waals surface area contributed by atoms with Gasteiger partial charge in [-0.1, -0.05) is 12.1 Å². The van der Waals surface area contributed by atoms with Crippen molar-refractivity contribution >= 4 is 15.8 Å². The van der Waals surface area contributed by atoms with Crippen molar-refractivity contribution in [2.45, 2.75) is 23.9 Å². The van der Waals surface area contributed by atoms with Crippen LogP contribution in [0.15, 0.2) is 29.2 Å². The Morgan fingerprint density at radius 2 is 1.67 bits per heavy atom. The first-order chi connectivity index (χ1) is 8.10. The Hall–Kier alpha value is -1.41. The molecule has 0 saturated carbocycles. The van der Waals surface area contributed by atoms with E-state index in [0.717, 1.165) is 0 Å². The molecule has 0 bridgehead atoms. The van der Waals surface area contributed by atoms with Gasteiger partial charge in [0.15, 0.2) is 0 Å². The van der Waals surface area contributed by atoms with Crippen molar-refractivity contribution in [2.75, 3.05) is 0 Å². The Morgan fingerprint density at radius 3 is 2.06 bits per heavy atom. The zero-order valence-corrected chi connectivity index (χ0v) is 9.88. The Balaban J connectivity index is 2.69. The number of hydrogen-bond donors (Lipinski definition) is 1. The number of Topliss-reactive ketones (excluding diaryl/α,β-unsaturated/α-hetero) is 1. The molecule has 0 heterocycles. The van der Waals surface area contributed by atoms with Crippen molar-refractivity contribution < 1.29 is 26.4 Å². The molecule has 0 aliphatic rings. The van der Waals surface area contributed by atoms with Gasteiger partial charge in [0.05, 0.1) is 4.90 Å². The highest BCUT2D eigenvalue weighted by Gasteiger charge is 2.37. The summed E-state index contributed by atoms with van der Waals surface area (Å²) in [6.45, 7) is 0. The number of benzene rings is 1. The molecule has 100 valence electrons. The largest absolute Gasteiger partial charge is 0.449 e. The van der Waals surface area contributed by atoms with Gasteiger partial charge in [-0.15, -0.1) is 0 Å². The van der Waals surface area contributed by atoms with Crippen LogP contribution < -0.4 is 5.14 Å². The second-order valence-corrected chi connectivity index (χ2v) is 5.17. The van der Waals surface area contributed by atoms with Crippen LogP contribution in [0.5, 0.6) is 0 Å². The van der Waals surface area contributed by atoms with E-state index in [2.05, 4.69) is 0 Å². The van der Waals surface area contributed by atoms with Gasteiger partial charge in [-0.05, 0) is 24.1 Å². The highest BCUT2D eigenvalue weighted by Crippen LogP contribution is 2.19. The third-order valence-corrected chi connectivity index (χ3v) is 3.14. The molecule has 0 amide bonds. The Kier molecular flexibility index (Phi) is 4.12. The van der Waals surface area contributed by atoms with Crippen molar-refractivity contribution in [2.24, 2.45) is 5.14 Å². The zero-order chi connectivity index (χ0) is 14.0. The van der Waals surface area contributed by atoms with Crippen molar-refractivity contribution in [3.63, 3.8) is 0 Å². The summed E-state index contributed by atoms with van der Waals surface area (Å²) in [5.41, 5.74) is 0.431. The van der Waals surface area contributed by atoms with Gasteiger partial charge in [0, 0.05) is 6.42 Å². The Bertz CT molecular complexity index is 534. The summed E-state index contributed by atoms with van der Waals surface area (Å²) < 4.78 is 57.6. The summed E-state index contributed by atoms with van der Waals surface area (Å²) in [6, 6.07) is 5.01. The van der Waals surface area contributed by atoms with Gasteiger partial charge >= 0.3 is 6.18 Å². The molecule has 1 aromatic rings. The monoisotopic (exact) mass is 281 g/mol. The van der Waals surface area contributed by atoms with Crippen LogP contribution >= 0.6 is 0 Å². The van der Waals surface area contributed by atoms with Crippen LogP contribution in [-0.4, -0.2) is 20.4 Å². The van der Waals surface area contributed by atoms with Gasteiger partial charge < -0.3 is 0 Å². The van der Waals surface area contributed by atoms with Gasteiger partial charge in [0.1, 0.15) is 0 Å². The lowest BCUT2D eigenvalue weighted by Gasteiger charge is -2.05. The molecule has 1 rings (SSSR count). The molecule has 0 saturated heterocycles. The van der Waals surface area contributed by atoms with Crippen LogP contribution in [0.4, 0.5) is 13.2 Å². The fourth-order valence-corrected chi connectivity index (χ4v) is 1.76. The van der Waals surface area contributed by atoms with Crippen LogP contribution in [0.25, 0.3) is 0 Å². The number of hydrogen-bond acceptors (Lipinski definition) is 3. The number of alkyl halides is 3. The first-order valence-corrected chi connectivity index (χ1v) is 6.37. The van der Waals surface area contributed by atoms with E-state index >= 15 is 0 Å². The van der Waals surface area contributed by atoms with Crippen LogP contribution in [0.2, 0.25) is 0 Å². The van der Waals surface area contributed by atoms with Crippen molar-refractivity contribution in [1.29, 1.82) is 0 Å². The smallest absolute Gasteiger partial charge is 0.290 e. The van der Waals surface area contributed by atoms with Gasteiger partial charge in [-0.2, -0.15) is 13.2 Å². The highest BCUT2D eigenvalue weighted by molar-refractivity contribution is 7.89. The third-order valence-electron chi connectivity index (χ3n) is 2.21. The summed E-state index contributed by atoms with van der Waals surface area (Å²) >= 11 is 0. The number of carbonyl (C=O) groups is 1. The van der Waals surface area contributed by atoms with E-state index in [9.17, 15) is 26.4 Å². The number of ketones is 1. The standard InChI is InChI=1S/C10H10F3NO3S/c11-10(12,13)9(15)6-3-7-1-4-8(5-2-7)18(14,16)17/h1-2,4-5H,3,6H2,(H2,14,16,17). The lowest BCUT2D eigenvalue weighted by Crippen LogP contribution is -2.22. The summed E-state index contributed by atoms with van der Waals surface area (Å²) in [6.07, 6.45) is -5.61. The molecule has 18 heavy (non-hydrogen) atoms. The van der Waals surface area contributed by atoms with Crippen molar-refractivity contribution in [3.05, 3.63) is 29.8 Å². The minimum atomic E-state index is -4.83. The molecule has 8 heteroatoms. The molecule has 0 fully saturated rings. The number of aryl methyl sites for hydroxylation is 1. The number of rotatable bonds is 4. The minimum absolute atomic E-state index is 0.108. The molecule has 0 spiro atoms. The number of carbonyl (C=O) groups excluding carboxylic acids is 1. The van der Waals surface area contributed by atoms with Crippen LogP contribution in [0.3, 0.4) is 0 Å². The SMILES string of the molecule is NS(=O)(=O)c1ccc(CCC(=O)C(F)(F)F)cc1. The third kappa shape index (κ3) is 4.11. The van der Waals surface area contributed by atoms with Crippen molar-refractivity contribution in [3.8, 4) is 0 Å². The molecule has 0 aliphatic carbocycles. The summed E-state index contributed by atoms with van der Waals surface area (Å²) in [4.78, 5) is 10.5. The second kappa shape index (κ2) is 5.07. The van der Waals surface area contributed by atoms with E-state index < -0.39 is 28.4 Å². The average Bonchev–Trinajstić information content (AvgIpc) is 2.24. The van der Waals surface area contributed by atoms with Crippen LogP contribution in [0, 0.1) is 0 Å². The van der Waals surface area contributed by atoms with E-state index in [1.807, 2.05) is 0 Å². The summed E-state index contributed by atoms with van der Waals surface area (Å²) in [7, 11) is -3.82. The van der Waals surface area contributed by atoms with Gasteiger partial charge in [-0.25, -0.2) is 13.6 Å². The molecule has 0 aromatic heterocycles. The van der Waals surface area contributed by atoms with Crippen LogP contribution in [0.1, 0.15) is 12.0 Å². The van der Waals surface area contributed by atoms with Crippen molar-refractivity contribution in [1.82, 2.24) is 0 Å². The fraction of sp³-hybridized carbons (Fsp3) is 0.300. The van der Waals surface area contributed by atoms with E-state index in [1.165, 1.54) is 24.3 Å². The number of primary sulfonamides is 1. The second-order valence-electron chi connectivity index (χ2n) is 3.61. The van der Waals surface area contributed by atoms with Gasteiger partial charge in [-0.3, -0.25) is 4.79 Å². The quantitative estimate of drug-likeness (QED) is 0.906. The normalized spacial score (nSPS) is 12.4. The number of nitrogens with two attached hydrogens (primary N) is 1. The number of halogens is 3. The maximum absolute atomic E-state index is 11.9. The topological polar surface area (TPSA) is 77.2 Å². The maximum Gasteiger partial charge on any atom is 0.449 e. The lowest BCUT2D eigenvalue weighted by molar-refractivity contribution is -0.171. The van der Waals surface area contributed by atoms with E-state index in [1.54, 1.807) is 0 Å². The zero-order valence-electron chi connectivity index (χ0n) is 9.07. The summed E-state index contributed by atoms with van der Waals surface area (Å²) in [5, 5.41) is 4.86. The molecule has 0 radical (unpaired) electrons. The molecule has 1 aromatic carbocycles.